The lowest BCUT2D eigenvalue weighted by Crippen LogP contribution is -2.28. The molecule has 5 nitrogen and oxygen atoms in total. The molecule has 0 saturated carbocycles. The second-order valence-corrected chi connectivity index (χ2v) is 5.00. The summed E-state index contributed by atoms with van der Waals surface area (Å²) in [5.41, 5.74) is -0.451. The first-order valence-corrected chi connectivity index (χ1v) is 6.96. The molecule has 1 aromatic heterocycles. The Labute approximate surface area is 130 Å². The van der Waals surface area contributed by atoms with E-state index in [0.29, 0.717) is 12.6 Å². The average Bonchev–Trinajstić information content (AvgIpc) is 2.94. The fourth-order valence-electron chi connectivity index (χ4n) is 2.24. The van der Waals surface area contributed by atoms with Crippen LogP contribution in [0.1, 0.15) is 41.5 Å². The molecule has 1 atom stereocenters. The number of hydrogen-bond acceptors (Lipinski definition) is 3. The third kappa shape index (κ3) is 3.64. The number of halogens is 3. The van der Waals surface area contributed by atoms with E-state index in [1.165, 1.54) is 0 Å². The van der Waals surface area contributed by atoms with E-state index in [0.717, 1.165) is 17.8 Å². The van der Waals surface area contributed by atoms with Crippen molar-refractivity contribution < 1.29 is 23.1 Å². The summed E-state index contributed by atoms with van der Waals surface area (Å²) >= 11 is 0. The third-order valence-electron chi connectivity index (χ3n) is 3.41. The van der Waals surface area contributed by atoms with Gasteiger partial charge in [-0.05, 0) is 38.1 Å². The van der Waals surface area contributed by atoms with Gasteiger partial charge in [0, 0.05) is 18.3 Å². The van der Waals surface area contributed by atoms with Gasteiger partial charge in [0.05, 0.1) is 17.3 Å². The maximum absolute atomic E-state index is 12.6. The fraction of sp³-hybridized carbons (Fsp3) is 0.333. The van der Waals surface area contributed by atoms with Crippen molar-refractivity contribution in [3.63, 3.8) is 0 Å². The number of nitrogens with one attached hydrogen (secondary N) is 1. The standard InChI is InChI=1S/C15H16F3N3O2/c1-3-21-12(6-7-19-21)9(2)20-14(23)10-4-5-11(13(22)8-10)15(16,17)18/h4-9,22H,3H2,1-2H3,(H,20,23). The minimum atomic E-state index is -4.67. The highest BCUT2D eigenvalue weighted by atomic mass is 19.4. The second kappa shape index (κ2) is 6.31. The first kappa shape index (κ1) is 16.9. The van der Waals surface area contributed by atoms with Crippen LogP contribution in [-0.4, -0.2) is 20.8 Å². The van der Waals surface area contributed by atoms with E-state index in [-0.39, 0.29) is 11.6 Å². The summed E-state index contributed by atoms with van der Waals surface area (Å²) in [6, 6.07) is 3.89. The summed E-state index contributed by atoms with van der Waals surface area (Å²) < 4.78 is 39.5. The maximum atomic E-state index is 12.6. The largest absolute Gasteiger partial charge is 0.507 e. The molecule has 2 rings (SSSR count). The molecule has 1 heterocycles. The van der Waals surface area contributed by atoms with E-state index in [2.05, 4.69) is 10.4 Å². The molecule has 1 aromatic carbocycles. The van der Waals surface area contributed by atoms with Crippen LogP contribution in [0.25, 0.3) is 0 Å². The van der Waals surface area contributed by atoms with E-state index >= 15 is 0 Å². The van der Waals surface area contributed by atoms with Crippen molar-refractivity contribution in [2.75, 3.05) is 0 Å². The smallest absolute Gasteiger partial charge is 0.419 e. The SMILES string of the molecule is CCn1nccc1C(C)NC(=O)c1ccc(C(F)(F)F)c(O)c1. The minimum Gasteiger partial charge on any atom is -0.507 e. The van der Waals surface area contributed by atoms with Crippen molar-refractivity contribution >= 4 is 5.91 Å². The van der Waals surface area contributed by atoms with E-state index in [1.54, 1.807) is 23.9 Å². The van der Waals surface area contributed by atoms with Gasteiger partial charge in [-0.2, -0.15) is 18.3 Å². The van der Waals surface area contributed by atoms with Crippen LogP contribution in [-0.2, 0) is 12.7 Å². The zero-order valence-corrected chi connectivity index (χ0v) is 12.6. The maximum Gasteiger partial charge on any atom is 0.419 e. The van der Waals surface area contributed by atoms with Gasteiger partial charge in [-0.1, -0.05) is 0 Å². The lowest BCUT2D eigenvalue weighted by Gasteiger charge is -2.16. The number of rotatable bonds is 4. The molecule has 0 aliphatic carbocycles. The van der Waals surface area contributed by atoms with E-state index in [1.807, 2.05) is 6.92 Å². The quantitative estimate of drug-likeness (QED) is 0.907. The number of nitrogens with zero attached hydrogens (tertiary/aromatic N) is 2. The molecular weight excluding hydrogens is 311 g/mol. The normalized spacial score (nSPS) is 12.9. The lowest BCUT2D eigenvalue weighted by atomic mass is 10.1. The number of carbonyl (C=O) groups is 1. The summed E-state index contributed by atoms with van der Waals surface area (Å²) in [4.78, 5) is 12.1. The van der Waals surface area contributed by atoms with Gasteiger partial charge < -0.3 is 10.4 Å². The van der Waals surface area contributed by atoms with Crippen molar-refractivity contribution in [3.8, 4) is 5.75 Å². The number of aromatic nitrogens is 2. The van der Waals surface area contributed by atoms with Crippen molar-refractivity contribution in [2.24, 2.45) is 0 Å². The summed E-state index contributed by atoms with van der Waals surface area (Å²) in [7, 11) is 0. The van der Waals surface area contributed by atoms with Crippen LogP contribution in [0.5, 0.6) is 5.75 Å². The van der Waals surface area contributed by atoms with E-state index in [9.17, 15) is 23.1 Å². The van der Waals surface area contributed by atoms with E-state index < -0.39 is 23.4 Å². The molecule has 0 spiro atoms. The third-order valence-corrected chi connectivity index (χ3v) is 3.41. The first-order chi connectivity index (χ1) is 10.7. The van der Waals surface area contributed by atoms with Crippen LogP contribution in [0.3, 0.4) is 0 Å². The number of alkyl halides is 3. The molecule has 0 fully saturated rings. The Kier molecular flexibility index (Phi) is 4.63. The zero-order chi connectivity index (χ0) is 17.2. The van der Waals surface area contributed by atoms with E-state index in [4.69, 9.17) is 0 Å². The lowest BCUT2D eigenvalue weighted by molar-refractivity contribution is -0.138. The zero-order valence-electron chi connectivity index (χ0n) is 12.6. The Balaban J connectivity index is 2.17. The van der Waals surface area contributed by atoms with Crippen molar-refractivity contribution in [1.82, 2.24) is 15.1 Å². The van der Waals surface area contributed by atoms with Gasteiger partial charge in [0.15, 0.2) is 0 Å². The van der Waals surface area contributed by atoms with Crippen LogP contribution in [0.2, 0.25) is 0 Å². The number of hydrogen-bond donors (Lipinski definition) is 2. The van der Waals surface area contributed by atoms with Gasteiger partial charge in [-0.3, -0.25) is 9.48 Å². The topological polar surface area (TPSA) is 67.2 Å². The van der Waals surface area contributed by atoms with Gasteiger partial charge in [0.2, 0.25) is 0 Å². The van der Waals surface area contributed by atoms with Gasteiger partial charge in [0.25, 0.3) is 5.91 Å². The van der Waals surface area contributed by atoms with Crippen molar-refractivity contribution in [3.05, 3.63) is 47.3 Å². The molecule has 8 heteroatoms. The summed E-state index contributed by atoms with van der Waals surface area (Å²) in [5, 5.41) is 16.2. The fourth-order valence-corrected chi connectivity index (χ4v) is 2.24. The van der Waals surface area contributed by atoms with Crippen LogP contribution < -0.4 is 5.32 Å². The van der Waals surface area contributed by atoms with Gasteiger partial charge in [-0.25, -0.2) is 0 Å². The molecule has 1 amide bonds. The highest BCUT2D eigenvalue weighted by Crippen LogP contribution is 2.35. The van der Waals surface area contributed by atoms with Crippen LogP contribution in [0.4, 0.5) is 13.2 Å². The van der Waals surface area contributed by atoms with Crippen molar-refractivity contribution in [2.45, 2.75) is 32.6 Å². The van der Waals surface area contributed by atoms with Crippen LogP contribution in [0, 0.1) is 0 Å². The highest BCUT2D eigenvalue weighted by Gasteiger charge is 2.34. The highest BCUT2D eigenvalue weighted by molar-refractivity contribution is 5.94. The molecule has 1 unspecified atom stereocenters. The predicted molar refractivity (Wildman–Crippen MR) is 76.9 cm³/mol. The molecule has 0 bridgehead atoms. The second-order valence-electron chi connectivity index (χ2n) is 5.00. The summed E-state index contributed by atoms with van der Waals surface area (Å²) in [6.45, 7) is 4.27. The Bertz CT molecular complexity index is 710. The number of aryl methyl sites for hydroxylation is 1. The summed E-state index contributed by atoms with van der Waals surface area (Å²) in [6.07, 6.45) is -3.06. The Morgan fingerprint density at radius 1 is 1.39 bits per heavy atom. The molecule has 23 heavy (non-hydrogen) atoms. The Morgan fingerprint density at radius 2 is 2.09 bits per heavy atom. The van der Waals surface area contributed by atoms with Crippen LogP contribution in [0.15, 0.2) is 30.5 Å². The van der Waals surface area contributed by atoms with Gasteiger partial charge >= 0.3 is 6.18 Å². The Morgan fingerprint density at radius 3 is 2.65 bits per heavy atom. The van der Waals surface area contributed by atoms with Gasteiger partial charge in [0.1, 0.15) is 5.75 Å². The minimum absolute atomic E-state index is 0.0510. The number of carbonyl (C=O) groups excluding carboxylic acids is 1. The molecule has 0 aliphatic heterocycles. The number of phenols is 1. The average molecular weight is 327 g/mol. The molecule has 124 valence electrons. The monoisotopic (exact) mass is 327 g/mol. The summed E-state index contributed by atoms with van der Waals surface area (Å²) in [5.74, 6) is -1.55. The molecule has 2 aromatic rings. The molecule has 0 aliphatic rings. The number of phenolic OH excluding ortho intramolecular Hbond substituents is 1. The number of aromatic hydroxyl groups is 1. The predicted octanol–water partition coefficient (Wildman–Crippen LogP) is 3.12. The van der Waals surface area contributed by atoms with Gasteiger partial charge in [-0.15, -0.1) is 0 Å². The molecule has 0 saturated heterocycles. The molecule has 2 N–H and O–H groups in total. The molecule has 0 radical (unpaired) electrons. The number of amides is 1. The number of benzene rings is 1. The van der Waals surface area contributed by atoms with Crippen molar-refractivity contribution in [1.29, 1.82) is 0 Å². The Hall–Kier alpha value is -2.51. The van der Waals surface area contributed by atoms with Crippen LogP contribution >= 0.6 is 0 Å². The molecular formula is C15H16F3N3O2. The first-order valence-electron chi connectivity index (χ1n) is 6.96.